The summed E-state index contributed by atoms with van der Waals surface area (Å²) in [5, 5.41) is 5.45. The normalized spacial score (nSPS) is 10.6. The molecule has 0 spiro atoms. The molecule has 0 aliphatic heterocycles. The second kappa shape index (κ2) is 9.95. The molecule has 3 heterocycles. The van der Waals surface area contributed by atoms with Crippen molar-refractivity contribution >= 4 is 22.6 Å². The van der Waals surface area contributed by atoms with E-state index in [9.17, 15) is 4.79 Å². The highest BCUT2D eigenvalue weighted by Crippen LogP contribution is 2.40. The van der Waals surface area contributed by atoms with Crippen molar-refractivity contribution in [2.45, 2.75) is 34.6 Å². The molecule has 7 heteroatoms. The summed E-state index contributed by atoms with van der Waals surface area (Å²) in [4.78, 5) is 21.9. The Labute approximate surface area is 201 Å². The molecule has 1 N–H and O–H groups in total. The SMILES string of the molecule is C=CC(=O)N(C)c1cc(-c2c(C)[nH]c3ncc(-c4cnn(C)c4C)c(C)c23)ccc1OC.CC. The molecule has 7 nitrogen and oxygen atoms in total. The Kier molecular flexibility index (Phi) is 7.25. The number of nitrogens with one attached hydrogen (secondary N) is 1. The Morgan fingerprint density at radius 2 is 1.88 bits per heavy atom. The van der Waals surface area contributed by atoms with Crippen molar-refractivity contribution in [1.29, 1.82) is 0 Å². The molecular formula is C27H33N5O2. The van der Waals surface area contributed by atoms with Crippen LogP contribution in [0.15, 0.2) is 43.2 Å². The van der Waals surface area contributed by atoms with Gasteiger partial charge in [-0.15, -0.1) is 0 Å². The predicted octanol–water partition coefficient (Wildman–Crippen LogP) is 5.74. The Morgan fingerprint density at radius 1 is 1.18 bits per heavy atom. The molecule has 4 aromatic rings. The number of aromatic nitrogens is 4. The lowest BCUT2D eigenvalue weighted by Gasteiger charge is -2.20. The van der Waals surface area contributed by atoms with Crippen LogP contribution in [-0.2, 0) is 11.8 Å². The lowest BCUT2D eigenvalue weighted by atomic mass is 9.95. The second-order valence-corrected chi connectivity index (χ2v) is 7.90. The van der Waals surface area contributed by atoms with Crippen LogP contribution >= 0.6 is 0 Å². The van der Waals surface area contributed by atoms with E-state index in [-0.39, 0.29) is 5.91 Å². The fraction of sp³-hybridized carbons (Fsp3) is 0.296. The maximum atomic E-state index is 12.3. The van der Waals surface area contributed by atoms with E-state index in [0.717, 1.165) is 50.2 Å². The minimum Gasteiger partial charge on any atom is -0.495 e. The summed E-state index contributed by atoms with van der Waals surface area (Å²) in [5.41, 5.74) is 8.85. The zero-order valence-electron chi connectivity index (χ0n) is 21.3. The van der Waals surface area contributed by atoms with Gasteiger partial charge in [-0.2, -0.15) is 5.10 Å². The van der Waals surface area contributed by atoms with Crippen molar-refractivity contribution in [3.8, 4) is 28.0 Å². The van der Waals surface area contributed by atoms with Crippen molar-refractivity contribution in [2.75, 3.05) is 19.1 Å². The number of nitrogens with zero attached hydrogens (tertiary/aromatic N) is 4. The molecule has 178 valence electrons. The number of amides is 1. The number of hydrogen-bond donors (Lipinski definition) is 1. The van der Waals surface area contributed by atoms with Gasteiger partial charge in [0, 0.05) is 53.8 Å². The monoisotopic (exact) mass is 459 g/mol. The minimum atomic E-state index is -0.205. The Balaban J connectivity index is 0.00000158. The highest BCUT2D eigenvalue weighted by molar-refractivity contribution is 6.04. The number of aryl methyl sites for hydroxylation is 3. The number of aromatic amines is 1. The van der Waals surface area contributed by atoms with Crippen molar-refractivity contribution in [3.05, 3.63) is 60.2 Å². The molecule has 0 radical (unpaired) electrons. The smallest absolute Gasteiger partial charge is 0.250 e. The predicted molar refractivity (Wildman–Crippen MR) is 139 cm³/mol. The van der Waals surface area contributed by atoms with Crippen molar-refractivity contribution < 1.29 is 9.53 Å². The van der Waals surface area contributed by atoms with E-state index in [1.165, 1.54) is 11.0 Å². The summed E-state index contributed by atoms with van der Waals surface area (Å²) in [6.45, 7) is 13.8. The summed E-state index contributed by atoms with van der Waals surface area (Å²) < 4.78 is 7.38. The summed E-state index contributed by atoms with van der Waals surface area (Å²) in [6.07, 6.45) is 5.07. The molecule has 0 saturated heterocycles. The zero-order chi connectivity index (χ0) is 25.2. The molecular weight excluding hydrogens is 426 g/mol. The van der Waals surface area contributed by atoms with Gasteiger partial charge in [-0.3, -0.25) is 9.48 Å². The maximum Gasteiger partial charge on any atom is 0.250 e. The van der Waals surface area contributed by atoms with E-state index in [4.69, 9.17) is 9.72 Å². The first kappa shape index (κ1) is 24.8. The fourth-order valence-corrected chi connectivity index (χ4v) is 4.19. The van der Waals surface area contributed by atoms with Crippen molar-refractivity contribution in [2.24, 2.45) is 7.05 Å². The van der Waals surface area contributed by atoms with E-state index < -0.39 is 0 Å². The summed E-state index contributed by atoms with van der Waals surface area (Å²) >= 11 is 0. The van der Waals surface area contributed by atoms with Crippen LogP contribution in [-0.4, -0.2) is 39.8 Å². The molecule has 0 unspecified atom stereocenters. The van der Waals surface area contributed by atoms with Gasteiger partial charge in [0.05, 0.1) is 19.0 Å². The molecule has 1 aromatic carbocycles. The quantitative estimate of drug-likeness (QED) is 0.386. The number of methoxy groups -OCH3 is 1. The maximum absolute atomic E-state index is 12.3. The van der Waals surface area contributed by atoms with E-state index >= 15 is 0 Å². The number of rotatable bonds is 5. The third kappa shape index (κ3) is 4.09. The number of carbonyl (C=O) groups is 1. The number of likely N-dealkylation sites (N-methyl/N-ethyl adjacent to an activating group) is 1. The van der Waals surface area contributed by atoms with Gasteiger partial charge in [0.1, 0.15) is 11.4 Å². The average Bonchev–Trinajstić information content (AvgIpc) is 3.37. The van der Waals surface area contributed by atoms with E-state index in [0.29, 0.717) is 11.4 Å². The van der Waals surface area contributed by atoms with E-state index in [1.54, 1.807) is 14.2 Å². The standard InChI is InChI=1S/C25H27N5O2.C2H6/c1-8-22(31)29(5)20-11-17(9-10-21(20)32-7)24-15(3)28-25-23(24)14(2)18(12-26-25)19-13-27-30(6)16(19)4;1-2/h8-13H,1H2,2-7H3,(H,26,28);1-2H3. The largest absolute Gasteiger partial charge is 0.495 e. The lowest BCUT2D eigenvalue weighted by Crippen LogP contribution is -2.24. The third-order valence-corrected chi connectivity index (χ3v) is 6.13. The van der Waals surface area contributed by atoms with E-state index in [1.807, 2.05) is 63.1 Å². The van der Waals surface area contributed by atoms with Crippen LogP contribution in [0.2, 0.25) is 0 Å². The topological polar surface area (TPSA) is 76.0 Å². The van der Waals surface area contributed by atoms with Crippen LogP contribution in [0.1, 0.15) is 30.8 Å². The first-order valence-electron chi connectivity index (χ1n) is 11.3. The average molecular weight is 460 g/mol. The molecule has 3 aromatic heterocycles. The Bertz CT molecular complexity index is 1360. The number of fused-ring (bicyclic) bond motifs is 1. The molecule has 0 saturated carbocycles. The molecule has 0 fully saturated rings. The number of H-pyrrole nitrogens is 1. The van der Waals surface area contributed by atoms with Gasteiger partial charge in [0.25, 0.3) is 0 Å². The van der Waals surface area contributed by atoms with Crippen molar-refractivity contribution in [3.63, 3.8) is 0 Å². The lowest BCUT2D eigenvalue weighted by molar-refractivity contribution is -0.113. The van der Waals surface area contributed by atoms with Gasteiger partial charge in [0.15, 0.2) is 0 Å². The fourth-order valence-electron chi connectivity index (χ4n) is 4.19. The molecule has 0 aliphatic carbocycles. The minimum absolute atomic E-state index is 0.205. The van der Waals surface area contributed by atoms with Crippen LogP contribution < -0.4 is 9.64 Å². The van der Waals surface area contributed by atoms with Gasteiger partial charge in [0.2, 0.25) is 5.91 Å². The highest BCUT2D eigenvalue weighted by Gasteiger charge is 2.21. The highest BCUT2D eigenvalue weighted by atomic mass is 16.5. The number of anilines is 1. The molecule has 0 bridgehead atoms. The third-order valence-electron chi connectivity index (χ3n) is 6.13. The van der Waals surface area contributed by atoms with Crippen LogP contribution in [0.3, 0.4) is 0 Å². The Hall–Kier alpha value is -3.87. The second-order valence-electron chi connectivity index (χ2n) is 7.90. The van der Waals surface area contributed by atoms with Gasteiger partial charge in [-0.1, -0.05) is 26.5 Å². The van der Waals surface area contributed by atoms with Crippen LogP contribution in [0.25, 0.3) is 33.3 Å². The van der Waals surface area contributed by atoms with Gasteiger partial charge in [-0.05, 0) is 50.1 Å². The van der Waals surface area contributed by atoms with Crippen LogP contribution in [0.5, 0.6) is 5.75 Å². The number of hydrogen-bond acceptors (Lipinski definition) is 4. The molecule has 34 heavy (non-hydrogen) atoms. The van der Waals surface area contributed by atoms with Gasteiger partial charge >= 0.3 is 0 Å². The van der Waals surface area contributed by atoms with Crippen LogP contribution in [0, 0.1) is 20.8 Å². The number of benzene rings is 1. The first-order chi connectivity index (χ1) is 16.3. The van der Waals surface area contributed by atoms with Crippen molar-refractivity contribution in [1.82, 2.24) is 19.7 Å². The molecule has 0 atom stereocenters. The number of ether oxygens (including phenoxy) is 1. The van der Waals surface area contributed by atoms with Gasteiger partial charge in [-0.25, -0.2) is 4.98 Å². The number of carbonyl (C=O) groups excluding carboxylic acids is 1. The van der Waals surface area contributed by atoms with Crippen LogP contribution in [0.4, 0.5) is 5.69 Å². The Morgan fingerprint density at radius 3 is 2.47 bits per heavy atom. The molecule has 1 amide bonds. The summed E-state index contributed by atoms with van der Waals surface area (Å²) in [6, 6.07) is 5.86. The first-order valence-corrected chi connectivity index (χ1v) is 11.3. The zero-order valence-corrected chi connectivity index (χ0v) is 21.3. The summed E-state index contributed by atoms with van der Waals surface area (Å²) in [7, 11) is 5.24. The molecule has 0 aliphatic rings. The molecule has 4 rings (SSSR count). The number of pyridine rings is 1. The summed E-state index contributed by atoms with van der Waals surface area (Å²) in [5.74, 6) is 0.411. The van der Waals surface area contributed by atoms with Gasteiger partial charge < -0.3 is 14.6 Å². The van der Waals surface area contributed by atoms with E-state index in [2.05, 4.69) is 30.5 Å².